The van der Waals surface area contributed by atoms with Crippen molar-refractivity contribution < 1.29 is 19.4 Å². The summed E-state index contributed by atoms with van der Waals surface area (Å²) in [6.07, 6.45) is 0.771. The number of carbonyl (C=O) groups is 2. The molecule has 1 heterocycles. The van der Waals surface area contributed by atoms with Gasteiger partial charge < -0.3 is 25.4 Å². The summed E-state index contributed by atoms with van der Waals surface area (Å²) in [5, 5.41) is 16.0. The van der Waals surface area contributed by atoms with Crippen molar-refractivity contribution in [2.24, 2.45) is 0 Å². The van der Waals surface area contributed by atoms with Crippen LogP contribution in [0.25, 0.3) is 0 Å². The van der Waals surface area contributed by atoms with E-state index in [9.17, 15) is 14.7 Å². The van der Waals surface area contributed by atoms with Crippen LogP contribution in [0.4, 0.5) is 0 Å². The molecule has 2 amide bonds. The number of ether oxygens (including phenoxy) is 1. The van der Waals surface area contributed by atoms with Crippen LogP contribution in [0.15, 0.2) is 24.3 Å². The maximum atomic E-state index is 12.2. The average Bonchev–Trinajstić information content (AvgIpc) is 2.61. The Kier molecular flexibility index (Phi) is 8.50. The summed E-state index contributed by atoms with van der Waals surface area (Å²) in [4.78, 5) is 25.9. The first kappa shape index (κ1) is 21.6. The molecule has 3 N–H and O–H groups in total. The lowest BCUT2D eigenvalue weighted by molar-refractivity contribution is -0.136. The highest BCUT2D eigenvalue weighted by atomic mass is 35.5. The zero-order chi connectivity index (χ0) is 19.8. The van der Waals surface area contributed by atoms with Gasteiger partial charge in [0, 0.05) is 11.6 Å². The zero-order valence-corrected chi connectivity index (χ0v) is 16.5. The fourth-order valence-electron chi connectivity index (χ4n) is 3.07. The summed E-state index contributed by atoms with van der Waals surface area (Å²) < 4.78 is 5.84. The fraction of sp³-hybridized carbons (Fsp3) is 0.579. The first-order chi connectivity index (χ1) is 12.9. The topological polar surface area (TPSA) is 90.9 Å². The largest absolute Gasteiger partial charge is 0.394 e. The van der Waals surface area contributed by atoms with Crippen LogP contribution in [0, 0.1) is 0 Å². The third kappa shape index (κ3) is 7.46. The second-order valence-corrected chi connectivity index (χ2v) is 7.51. The van der Waals surface area contributed by atoms with Crippen molar-refractivity contribution in [1.29, 1.82) is 0 Å². The number of hydrogen-bond acceptors (Lipinski definition) is 5. The summed E-state index contributed by atoms with van der Waals surface area (Å²) in [6, 6.07) is 7.05. The third-order valence-corrected chi connectivity index (χ3v) is 4.67. The van der Waals surface area contributed by atoms with Crippen LogP contribution in [0.5, 0.6) is 0 Å². The molecule has 0 radical (unpaired) electrons. The van der Waals surface area contributed by atoms with Gasteiger partial charge in [-0.25, -0.2) is 0 Å². The lowest BCUT2D eigenvalue weighted by atomic mass is 9.97. The molecule has 7 nitrogen and oxygen atoms in total. The second-order valence-electron chi connectivity index (χ2n) is 7.08. The Balaban J connectivity index is 1.77. The van der Waals surface area contributed by atoms with Gasteiger partial charge in [-0.1, -0.05) is 23.7 Å². The molecule has 0 saturated carbocycles. The van der Waals surface area contributed by atoms with Gasteiger partial charge >= 0.3 is 0 Å². The highest BCUT2D eigenvalue weighted by molar-refractivity contribution is 6.30. The molecule has 1 aromatic carbocycles. The molecule has 150 valence electrons. The summed E-state index contributed by atoms with van der Waals surface area (Å²) in [5.74, 6) is -0.215. The molecule has 2 rings (SSSR count). The number of aliphatic hydroxyl groups is 1. The molecule has 1 fully saturated rings. The number of likely N-dealkylation sites (N-methyl/N-ethyl adjacent to an activating group) is 1. The molecule has 0 unspecified atom stereocenters. The Morgan fingerprint density at radius 2 is 1.93 bits per heavy atom. The molecule has 1 aromatic rings. The zero-order valence-electron chi connectivity index (χ0n) is 15.8. The van der Waals surface area contributed by atoms with E-state index in [4.69, 9.17) is 16.3 Å². The van der Waals surface area contributed by atoms with Gasteiger partial charge in [0.2, 0.25) is 11.8 Å². The third-order valence-electron chi connectivity index (χ3n) is 4.42. The molecule has 0 aliphatic carbocycles. The van der Waals surface area contributed by atoms with Crippen LogP contribution in [-0.2, 0) is 20.9 Å². The van der Waals surface area contributed by atoms with Gasteiger partial charge in [0.05, 0.1) is 31.7 Å². The molecule has 1 saturated heterocycles. The lowest BCUT2D eigenvalue weighted by Gasteiger charge is -2.36. The van der Waals surface area contributed by atoms with Gasteiger partial charge in [0.1, 0.15) is 6.10 Å². The monoisotopic (exact) mass is 397 g/mol. The Morgan fingerprint density at radius 1 is 1.22 bits per heavy atom. The molecule has 27 heavy (non-hydrogen) atoms. The fourth-order valence-corrected chi connectivity index (χ4v) is 3.19. The van der Waals surface area contributed by atoms with Gasteiger partial charge in [-0.05, 0) is 44.6 Å². The molecule has 8 heteroatoms. The molecule has 0 bridgehead atoms. The standard InChI is InChI=1S/C19H28ClN3O4/c1-23(2)11-19(26)22-16-8-7-15(27-17(16)12-24)9-18(25)21-10-13-3-5-14(20)6-4-13/h3-6,15-17,24H,7-12H2,1-2H3,(H,21,25)(H,22,26)/t15-,16+,17+/m0/s1. The van der Waals surface area contributed by atoms with E-state index in [0.29, 0.717) is 24.4 Å². The molecular formula is C19H28ClN3O4. The molecule has 0 spiro atoms. The van der Waals surface area contributed by atoms with E-state index >= 15 is 0 Å². The van der Waals surface area contributed by atoms with Gasteiger partial charge in [-0.3, -0.25) is 9.59 Å². The molecule has 1 aliphatic rings. The van der Waals surface area contributed by atoms with Crippen LogP contribution in [-0.4, -0.2) is 67.3 Å². The Morgan fingerprint density at radius 3 is 2.56 bits per heavy atom. The van der Waals surface area contributed by atoms with Crippen LogP contribution >= 0.6 is 11.6 Å². The number of benzene rings is 1. The second kappa shape index (κ2) is 10.6. The number of amides is 2. The summed E-state index contributed by atoms with van der Waals surface area (Å²) in [7, 11) is 3.64. The summed E-state index contributed by atoms with van der Waals surface area (Å²) in [5.41, 5.74) is 0.967. The quantitative estimate of drug-likeness (QED) is 0.607. The maximum absolute atomic E-state index is 12.2. The number of halogens is 1. The molecule has 1 aliphatic heterocycles. The van der Waals surface area contributed by atoms with Crippen molar-refractivity contribution in [3.8, 4) is 0 Å². The minimum atomic E-state index is -0.501. The Labute approximate surface area is 165 Å². The van der Waals surface area contributed by atoms with E-state index < -0.39 is 6.10 Å². The predicted octanol–water partition coefficient (Wildman–Crippen LogP) is 0.933. The van der Waals surface area contributed by atoms with Gasteiger partial charge in [-0.15, -0.1) is 0 Å². The first-order valence-electron chi connectivity index (χ1n) is 9.09. The number of hydrogen-bond donors (Lipinski definition) is 3. The van der Waals surface area contributed by atoms with Crippen LogP contribution in [0.2, 0.25) is 5.02 Å². The Bertz CT molecular complexity index is 624. The van der Waals surface area contributed by atoms with E-state index in [1.165, 1.54) is 0 Å². The normalized spacial score (nSPS) is 22.5. The van der Waals surface area contributed by atoms with Crippen molar-refractivity contribution in [3.05, 3.63) is 34.9 Å². The minimum Gasteiger partial charge on any atom is -0.394 e. The van der Waals surface area contributed by atoms with Crippen molar-refractivity contribution in [2.45, 2.75) is 44.1 Å². The maximum Gasteiger partial charge on any atom is 0.234 e. The van der Waals surface area contributed by atoms with E-state index in [1.54, 1.807) is 17.0 Å². The predicted molar refractivity (Wildman–Crippen MR) is 103 cm³/mol. The molecule has 3 atom stereocenters. The van der Waals surface area contributed by atoms with Crippen LogP contribution in [0.3, 0.4) is 0 Å². The van der Waals surface area contributed by atoms with Gasteiger partial charge in [-0.2, -0.15) is 0 Å². The van der Waals surface area contributed by atoms with E-state index in [-0.39, 0.29) is 43.5 Å². The molecular weight excluding hydrogens is 370 g/mol. The van der Waals surface area contributed by atoms with Crippen molar-refractivity contribution >= 4 is 23.4 Å². The van der Waals surface area contributed by atoms with Crippen molar-refractivity contribution in [3.63, 3.8) is 0 Å². The van der Waals surface area contributed by atoms with Crippen molar-refractivity contribution in [2.75, 3.05) is 27.2 Å². The van der Waals surface area contributed by atoms with Crippen LogP contribution in [0.1, 0.15) is 24.8 Å². The smallest absolute Gasteiger partial charge is 0.234 e. The van der Waals surface area contributed by atoms with E-state index in [0.717, 1.165) is 5.56 Å². The number of aliphatic hydroxyl groups excluding tert-OH is 1. The van der Waals surface area contributed by atoms with Crippen LogP contribution < -0.4 is 10.6 Å². The number of nitrogens with zero attached hydrogens (tertiary/aromatic N) is 1. The Hall–Kier alpha value is -1.67. The highest BCUT2D eigenvalue weighted by Crippen LogP contribution is 2.22. The van der Waals surface area contributed by atoms with E-state index in [1.807, 2.05) is 26.2 Å². The number of carbonyl (C=O) groups excluding carboxylic acids is 2. The van der Waals surface area contributed by atoms with Crippen molar-refractivity contribution in [1.82, 2.24) is 15.5 Å². The summed E-state index contributed by atoms with van der Waals surface area (Å²) >= 11 is 5.85. The highest BCUT2D eigenvalue weighted by Gasteiger charge is 2.32. The van der Waals surface area contributed by atoms with E-state index in [2.05, 4.69) is 10.6 Å². The minimum absolute atomic E-state index is 0.105. The molecule has 0 aromatic heterocycles. The average molecular weight is 398 g/mol. The lowest BCUT2D eigenvalue weighted by Crippen LogP contribution is -2.52. The van der Waals surface area contributed by atoms with Gasteiger partial charge in [0.25, 0.3) is 0 Å². The SMILES string of the molecule is CN(C)CC(=O)N[C@@H]1CC[C@@H](CC(=O)NCc2ccc(Cl)cc2)O[C@@H]1CO. The first-order valence-corrected chi connectivity index (χ1v) is 9.46. The number of rotatable bonds is 8. The van der Waals surface area contributed by atoms with Gasteiger partial charge in [0.15, 0.2) is 0 Å². The summed E-state index contributed by atoms with van der Waals surface area (Å²) in [6.45, 7) is 0.510. The number of nitrogens with one attached hydrogen (secondary N) is 2.